The Morgan fingerprint density at radius 1 is 1.45 bits per heavy atom. The van der Waals surface area contributed by atoms with Gasteiger partial charge >= 0.3 is 6.03 Å². The predicted octanol–water partition coefficient (Wildman–Crippen LogP) is 2.89. The Labute approximate surface area is 124 Å². The second-order valence-corrected chi connectivity index (χ2v) is 4.85. The third kappa shape index (κ3) is 4.28. The number of amides is 2. The van der Waals surface area contributed by atoms with Crippen LogP contribution >= 0.6 is 11.6 Å². The fourth-order valence-corrected chi connectivity index (χ4v) is 1.98. The van der Waals surface area contributed by atoms with Crippen LogP contribution in [0.5, 0.6) is 5.75 Å². The molecule has 2 amide bonds. The van der Waals surface area contributed by atoms with Crippen molar-refractivity contribution in [1.82, 2.24) is 4.90 Å². The minimum Gasteiger partial charge on any atom is -0.495 e. The van der Waals surface area contributed by atoms with Crippen LogP contribution in [-0.4, -0.2) is 42.8 Å². The van der Waals surface area contributed by atoms with E-state index >= 15 is 0 Å². The summed E-state index contributed by atoms with van der Waals surface area (Å²) in [6.07, 6.45) is 0.824. The van der Waals surface area contributed by atoms with Gasteiger partial charge in [0.05, 0.1) is 19.4 Å². The highest BCUT2D eigenvalue weighted by Crippen LogP contribution is 2.31. The molecule has 1 aromatic carbocycles. The van der Waals surface area contributed by atoms with Crippen LogP contribution < -0.4 is 10.1 Å². The molecule has 0 saturated heterocycles. The predicted molar refractivity (Wildman–Crippen MR) is 80.7 cm³/mol. The van der Waals surface area contributed by atoms with Crippen LogP contribution in [0.1, 0.15) is 18.9 Å². The first-order chi connectivity index (χ1) is 9.53. The van der Waals surface area contributed by atoms with Gasteiger partial charge in [0.2, 0.25) is 0 Å². The zero-order valence-corrected chi connectivity index (χ0v) is 12.8. The standard InChI is InChI=1S/C14H21ClN2O3/c1-4-5-17(6-7-18)14(19)16-12-8-10(2)11(15)9-13(12)20-3/h8-9,18H,4-7H2,1-3H3,(H,16,19). The first-order valence-corrected chi connectivity index (χ1v) is 6.92. The lowest BCUT2D eigenvalue weighted by Crippen LogP contribution is -2.37. The van der Waals surface area contributed by atoms with E-state index in [9.17, 15) is 4.79 Å². The maximum atomic E-state index is 12.2. The van der Waals surface area contributed by atoms with E-state index < -0.39 is 0 Å². The third-order valence-electron chi connectivity index (χ3n) is 2.87. The number of aryl methyl sites for hydroxylation is 1. The Hall–Kier alpha value is -1.46. The van der Waals surface area contributed by atoms with E-state index in [2.05, 4.69) is 5.32 Å². The Balaban J connectivity index is 2.90. The van der Waals surface area contributed by atoms with Crippen molar-refractivity contribution in [3.8, 4) is 5.75 Å². The van der Waals surface area contributed by atoms with Crippen molar-refractivity contribution in [2.45, 2.75) is 20.3 Å². The van der Waals surface area contributed by atoms with E-state index in [0.717, 1.165) is 12.0 Å². The molecule has 0 radical (unpaired) electrons. The molecule has 112 valence electrons. The summed E-state index contributed by atoms with van der Waals surface area (Å²) in [5, 5.41) is 12.4. The molecule has 0 fully saturated rings. The van der Waals surface area contributed by atoms with Gasteiger partial charge in [-0.1, -0.05) is 18.5 Å². The smallest absolute Gasteiger partial charge is 0.322 e. The highest BCUT2D eigenvalue weighted by molar-refractivity contribution is 6.31. The van der Waals surface area contributed by atoms with Gasteiger partial charge in [0, 0.05) is 24.2 Å². The summed E-state index contributed by atoms with van der Waals surface area (Å²) in [5.41, 5.74) is 1.42. The minimum atomic E-state index is -0.263. The molecule has 0 bridgehead atoms. The van der Waals surface area contributed by atoms with E-state index in [0.29, 0.717) is 29.5 Å². The third-order valence-corrected chi connectivity index (χ3v) is 3.28. The van der Waals surface area contributed by atoms with Crippen molar-refractivity contribution < 1.29 is 14.6 Å². The number of aliphatic hydroxyl groups is 1. The largest absolute Gasteiger partial charge is 0.495 e. The zero-order chi connectivity index (χ0) is 15.1. The van der Waals surface area contributed by atoms with Gasteiger partial charge in [-0.15, -0.1) is 0 Å². The molecule has 0 aliphatic carbocycles. The molecule has 20 heavy (non-hydrogen) atoms. The summed E-state index contributed by atoms with van der Waals surface area (Å²) >= 11 is 6.03. The number of anilines is 1. The summed E-state index contributed by atoms with van der Waals surface area (Å²) in [4.78, 5) is 13.7. The molecule has 0 saturated carbocycles. The van der Waals surface area contributed by atoms with Crippen LogP contribution in [-0.2, 0) is 0 Å². The molecule has 5 nitrogen and oxygen atoms in total. The van der Waals surface area contributed by atoms with E-state index in [4.69, 9.17) is 21.4 Å². The van der Waals surface area contributed by atoms with E-state index in [1.807, 2.05) is 13.8 Å². The molecule has 0 spiro atoms. The monoisotopic (exact) mass is 300 g/mol. The van der Waals surface area contributed by atoms with Gasteiger partial charge in [0.1, 0.15) is 5.75 Å². The highest BCUT2D eigenvalue weighted by atomic mass is 35.5. The lowest BCUT2D eigenvalue weighted by atomic mass is 10.2. The van der Waals surface area contributed by atoms with Gasteiger partial charge in [-0.3, -0.25) is 0 Å². The number of ether oxygens (including phenoxy) is 1. The Morgan fingerprint density at radius 3 is 2.70 bits per heavy atom. The molecule has 6 heteroatoms. The number of carbonyl (C=O) groups excluding carboxylic acids is 1. The first kappa shape index (κ1) is 16.6. The lowest BCUT2D eigenvalue weighted by molar-refractivity contribution is 0.188. The second kappa shape index (κ2) is 7.97. The average Bonchev–Trinajstić information content (AvgIpc) is 2.42. The lowest BCUT2D eigenvalue weighted by Gasteiger charge is -2.22. The number of hydrogen-bond acceptors (Lipinski definition) is 3. The molecule has 1 aromatic rings. The summed E-state index contributed by atoms with van der Waals surface area (Å²) in [6, 6.07) is 3.17. The molecule has 1 rings (SSSR count). The molecule has 0 aliphatic rings. The van der Waals surface area contributed by atoms with Crippen molar-refractivity contribution in [2.75, 3.05) is 32.1 Å². The van der Waals surface area contributed by atoms with Crippen LogP contribution in [0.2, 0.25) is 5.02 Å². The average molecular weight is 301 g/mol. The molecule has 0 unspecified atom stereocenters. The van der Waals surface area contributed by atoms with Crippen LogP contribution in [0.15, 0.2) is 12.1 Å². The number of benzene rings is 1. The van der Waals surface area contributed by atoms with E-state index in [-0.39, 0.29) is 12.6 Å². The molecule has 0 atom stereocenters. The zero-order valence-electron chi connectivity index (χ0n) is 12.1. The van der Waals surface area contributed by atoms with Gasteiger partial charge in [0.15, 0.2) is 0 Å². The molecule has 0 heterocycles. The molecule has 0 aliphatic heterocycles. The molecule has 2 N–H and O–H groups in total. The summed E-state index contributed by atoms with van der Waals surface area (Å²) in [7, 11) is 1.52. The topological polar surface area (TPSA) is 61.8 Å². The van der Waals surface area contributed by atoms with Gasteiger partial charge in [0.25, 0.3) is 0 Å². The summed E-state index contributed by atoms with van der Waals surface area (Å²) < 4.78 is 5.21. The fraction of sp³-hybridized carbons (Fsp3) is 0.500. The number of methoxy groups -OCH3 is 1. The summed E-state index contributed by atoms with van der Waals surface area (Å²) in [6.45, 7) is 4.65. The maximum Gasteiger partial charge on any atom is 0.322 e. The van der Waals surface area contributed by atoms with Crippen LogP contribution in [0.25, 0.3) is 0 Å². The van der Waals surface area contributed by atoms with Crippen LogP contribution in [0, 0.1) is 6.92 Å². The van der Waals surface area contributed by atoms with Gasteiger partial charge < -0.3 is 20.1 Å². The van der Waals surface area contributed by atoms with E-state index in [1.165, 1.54) is 7.11 Å². The highest BCUT2D eigenvalue weighted by Gasteiger charge is 2.15. The van der Waals surface area contributed by atoms with Crippen molar-refractivity contribution in [3.63, 3.8) is 0 Å². The number of rotatable bonds is 6. The minimum absolute atomic E-state index is 0.0653. The summed E-state index contributed by atoms with van der Waals surface area (Å²) in [5.74, 6) is 0.509. The van der Waals surface area contributed by atoms with Crippen LogP contribution in [0.3, 0.4) is 0 Å². The molecular formula is C14H21ClN2O3. The molecule has 0 aromatic heterocycles. The SMILES string of the molecule is CCCN(CCO)C(=O)Nc1cc(C)c(Cl)cc1OC. The van der Waals surface area contributed by atoms with Crippen LogP contribution in [0.4, 0.5) is 10.5 Å². The molecular weight excluding hydrogens is 280 g/mol. The normalized spacial score (nSPS) is 10.2. The number of nitrogens with zero attached hydrogens (tertiary/aromatic N) is 1. The van der Waals surface area contributed by atoms with Crippen molar-refractivity contribution in [2.24, 2.45) is 0 Å². The Bertz CT molecular complexity index is 460. The van der Waals surface area contributed by atoms with Gasteiger partial charge in [-0.2, -0.15) is 0 Å². The fourth-order valence-electron chi connectivity index (χ4n) is 1.83. The van der Waals surface area contributed by atoms with Crippen molar-refractivity contribution in [3.05, 3.63) is 22.7 Å². The van der Waals surface area contributed by atoms with Crippen molar-refractivity contribution >= 4 is 23.3 Å². The Kier molecular flexibility index (Phi) is 6.61. The van der Waals surface area contributed by atoms with Gasteiger partial charge in [-0.25, -0.2) is 4.79 Å². The number of aliphatic hydroxyl groups excluding tert-OH is 1. The number of hydrogen-bond donors (Lipinski definition) is 2. The Morgan fingerprint density at radius 2 is 2.15 bits per heavy atom. The quantitative estimate of drug-likeness (QED) is 0.849. The number of urea groups is 1. The number of nitrogens with one attached hydrogen (secondary N) is 1. The first-order valence-electron chi connectivity index (χ1n) is 6.54. The number of halogens is 1. The number of carbonyl (C=O) groups is 1. The van der Waals surface area contributed by atoms with Gasteiger partial charge in [-0.05, 0) is 25.0 Å². The maximum absolute atomic E-state index is 12.2. The van der Waals surface area contributed by atoms with E-state index in [1.54, 1.807) is 17.0 Å². The van der Waals surface area contributed by atoms with Crippen molar-refractivity contribution in [1.29, 1.82) is 0 Å². The second-order valence-electron chi connectivity index (χ2n) is 4.44.